The van der Waals surface area contributed by atoms with Crippen LogP contribution in [0.1, 0.15) is 0 Å². The molecule has 17 heavy (non-hydrogen) atoms. The summed E-state index contributed by atoms with van der Waals surface area (Å²) < 4.78 is 2.14. The van der Waals surface area contributed by atoms with E-state index in [1.165, 1.54) is 16.5 Å². The summed E-state index contributed by atoms with van der Waals surface area (Å²) in [4.78, 5) is 0. The molecular weight excluding hydrogens is 332 g/mol. The molecule has 0 atom stereocenters. The monoisotopic (exact) mass is 340 g/mol. The number of rotatable bonds is 1. The summed E-state index contributed by atoms with van der Waals surface area (Å²) in [6, 6.07) is 16.9. The van der Waals surface area contributed by atoms with Gasteiger partial charge >= 0.3 is 26.2 Å². The maximum Gasteiger partial charge on any atom is 3.00 e. The van der Waals surface area contributed by atoms with E-state index < -0.39 is 0 Å². The van der Waals surface area contributed by atoms with Crippen molar-refractivity contribution in [2.24, 2.45) is 0 Å². The van der Waals surface area contributed by atoms with Gasteiger partial charge in [-0.15, -0.1) is 12.1 Å². The first-order valence-corrected chi connectivity index (χ1v) is 4.73. The molecule has 1 radical (unpaired) electrons. The van der Waals surface area contributed by atoms with Crippen LogP contribution in [0.4, 0.5) is 0 Å². The zero-order valence-electron chi connectivity index (χ0n) is 8.98. The number of benzene rings is 1. The number of hydrogen-bond donors (Lipinski definition) is 0. The third-order valence-electron chi connectivity index (χ3n) is 2.54. The van der Waals surface area contributed by atoms with E-state index in [9.17, 15) is 0 Å². The van der Waals surface area contributed by atoms with E-state index in [2.05, 4.69) is 53.4 Å². The molecule has 0 aliphatic carbocycles. The van der Waals surface area contributed by atoms with Crippen LogP contribution >= 0.6 is 0 Å². The Morgan fingerprint density at radius 3 is 2.18 bits per heavy atom. The minimum absolute atomic E-state index is 0. The van der Waals surface area contributed by atoms with Gasteiger partial charge in [-0.2, -0.15) is 0 Å². The molecule has 0 amide bonds. The van der Waals surface area contributed by atoms with E-state index in [-0.39, 0.29) is 51.0 Å². The molecule has 0 N–H and O–H groups in total. The van der Waals surface area contributed by atoms with E-state index in [0.29, 0.717) is 0 Å². The summed E-state index contributed by atoms with van der Waals surface area (Å²) in [6.07, 6.45) is 4.14. The van der Waals surface area contributed by atoms with Gasteiger partial charge in [0.25, 0.3) is 0 Å². The van der Waals surface area contributed by atoms with Crippen LogP contribution in [0.3, 0.4) is 0 Å². The third-order valence-corrected chi connectivity index (χ3v) is 2.54. The fourth-order valence-corrected chi connectivity index (χ4v) is 1.85. The first-order chi connectivity index (χ1) is 6.95. The number of fused-ring (bicyclic) bond motifs is 1. The number of halogens is 2. The predicted molar refractivity (Wildman–Crippen MR) is 58.9 cm³/mol. The van der Waals surface area contributed by atoms with Crippen molar-refractivity contribution in [3.63, 3.8) is 0 Å². The van der Waals surface area contributed by atoms with Crippen LogP contribution in [0.15, 0.2) is 60.9 Å². The molecule has 85 valence electrons. The molecule has 1 aromatic heterocycles. The minimum atomic E-state index is 0. The van der Waals surface area contributed by atoms with E-state index in [0.717, 1.165) is 0 Å². The van der Waals surface area contributed by atoms with Crippen LogP contribution in [-0.4, -0.2) is 4.57 Å². The van der Waals surface area contributed by atoms with Gasteiger partial charge in [-0.05, 0) is 18.1 Å². The van der Waals surface area contributed by atoms with Crippen LogP contribution < -0.4 is 24.8 Å². The number of aromatic nitrogens is 1. The van der Waals surface area contributed by atoms with Crippen molar-refractivity contribution >= 4 is 10.8 Å². The molecule has 0 saturated heterocycles. The average molecular weight is 342 g/mol. The van der Waals surface area contributed by atoms with Gasteiger partial charge in [0, 0.05) is 0 Å². The maximum absolute atomic E-state index is 2.16. The quantitative estimate of drug-likeness (QED) is 0.426. The average Bonchev–Trinajstić information content (AvgIpc) is 2.85. The summed E-state index contributed by atoms with van der Waals surface area (Å²) in [5.74, 6) is 0. The molecule has 0 aliphatic rings. The topological polar surface area (TPSA) is 4.93 Å². The maximum atomic E-state index is 2.16. The van der Waals surface area contributed by atoms with Gasteiger partial charge < -0.3 is 29.4 Å². The molecule has 0 spiro atoms. The first kappa shape index (κ1) is 16.6. The van der Waals surface area contributed by atoms with E-state index in [4.69, 9.17) is 0 Å². The van der Waals surface area contributed by atoms with Crippen LogP contribution in [0, 0.1) is 0 Å². The smallest absolute Gasteiger partial charge is 1.00 e. The molecule has 0 aliphatic heterocycles. The fourth-order valence-electron chi connectivity index (χ4n) is 1.85. The molecule has 1 heterocycles. The summed E-state index contributed by atoms with van der Waals surface area (Å²) in [7, 11) is 0. The molecule has 0 bridgehead atoms. The molecule has 1 nitrogen and oxygen atoms in total. The zero-order chi connectivity index (χ0) is 9.38. The molecule has 3 aromatic rings. The zero-order valence-corrected chi connectivity index (χ0v) is 12.9. The van der Waals surface area contributed by atoms with Crippen molar-refractivity contribution in [3.05, 3.63) is 60.9 Å². The van der Waals surface area contributed by atoms with E-state index >= 15 is 0 Å². The van der Waals surface area contributed by atoms with Crippen LogP contribution in [0.25, 0.3) is 16.5 Å². The Morgan fingerprint density at radius 2 is 1.47 bits per heavy atom. The Morgan fingerprint density at radius 1 is 0.824 bits per heavy atom. The number of hydrogen-bond acceptors (Lipinski definition) is 0. The molecular formula is C13H10Cl2NZr. The van der Waals surface area contributed by atoms with Gasteiger partial charge in [0.15, 0.2) is 0 Å². The Kier molecular flexibility index (Phi) is 6.93. The van der Waals surface area contributed by atoms with E-state index in [1.807, 2.05) is 12.1 Å². The third kappa shape index (κ3) is 3.07. The molecule has 0 unspecified atom stereocenters. The fraction of sp³-hybridized carbons (Fsp3) is 0. The standard InChI is InChI=1S/C13H10N.2ClH.Zr/c1-2-6-12-11(5-1)7-8-13(12)14-9-3-4-10-14;;;/h1-10H;2*1H;/q-1;;;+3/p-2. The second-order valence-corrected chi connectivity index (χ2v) is 3.40. The van der Waals surface area contributed by atoms with Gasteiger partial charge in [0.05, 0.1) is 0 Å². The van der Waals surface area contributed by atoms with Gasteiger partial charge in [-0.3, -0.25) is 0 Å². The molecule has 0 saturated carbocycles. The van der Waals surface area contributed by atoms with Crippen molar-refractivity contribution in [2.45, 2.75) is 0 Å². The Hall–Kier alpha value is -0.427. The van der Waals surface area contributed by atoms with Gasteiger partial charge in [0.1, 0.15) is 0 Å². The van der Waals surface area contributed by atoms with Crippen molar-refractivity contribution in [1.82, 2.24) is 4.57 Å². The van der Waals surface area contributed by atoms with E-state index in [1.54, 1.807) is 0 Å². The van der Waals surface area contributed by atoms with Crippen LogP contribution in [-0.2, 0) is 26.2 Å². The SMILES string of the molecule is [Cl-].[Cl-].[Zr+3].c1ccc2c(c1)cc[c-]2-n1cccc1. The molecule has 2 aromatic carbocycles. The Bertz CT molecular complexity index is 558. The summed E-state index contributed by atoms with van der Waals surface area (Å²) in [6.45, 7) is 0. The Balaban J connectivity index is 0.000000853. The van der Waals surface area contributed by atoms with Crippen LogP contribution in [0.2, 0.25) is 0 Å². The largest absolute Gasteiger partial charge is 3.00 e. The summed E-state index contributed by atoms with van der Waals surface area (Å²) in [5.41, 5.74) is 1.26. The normalized spacial score (nSPS) is 8.94. The first-order valence-electron chi connectivity index (χ1n) is 4.73. The van der Waals surface area contributed by atoms with Crippen molar-refractivity contribution in [2.75, 3.05) is 0 Å². The minimum Gasteiger partial charge on any atom is -1.00 e. The van der Waals surface area contributed by atoms with Gasteiger partial charge in [0.2, 0.25) is 0 Å². The second kappa shape index (κ2) is 7.11. The van der Waals surface area contributed by atoms with Crippen molar-refractivity contribution in [1.29, 1.82) is 0 Å². The van der Waals surface area contributed by atoms with Crippen molar-refractivity contribution < 1.29 is 51.0 Å². The molecule has 3 rings (SSSR count). The van der Waals surface area contributed by atoms with Crippen LogP contribution in [0.5, 0.6) is 0 Å². The molecule has 0 fully saturated rings. The summed E-state index contributed by atoms with van der Waals surface area (Å²) >= 11 is 0. The summed E-state index contributed by atoms with van der Waals surface area (Å²) in [5, 5.41) is 2.61. The number of nitrogens with zero attached hydrogens (tertiary/aromatic N) is 1. The Labute approximate surface area is 132 Å². The molecule has 4 heteroatoms. The van der Waals surface area contributed by atoms with Gasteiger partial charge in [-0.1, -0.05) is 47.2 Å². The van der Waals surface area contributed by atoms with Gasteiger partial charge in [-0.25, -0.2) is 0 Å². The van der Waals surface area contributed by atoms with Crippen molar-refractivity contribution in [3.8, 4) is 5.69 Å². The second-order valence-electron chi connectivity index (χ2n) is 3.40. The predicted octanol–water partition coefficient (Wildman–Crippen LogP) is -2.65.